The Kier molecular flexibility index (Phi) is 4.80. The van der Waals surface area contributed by atoms with Crippen LogP contribution in [0.3, 0.4) is 0 Å². The summed E-state index contributed by atoms with van der Waals surface area (Å²) in [6.45, 7) is 3.58. The van der Waals surface area contributed by atoms with Gasteiger partial charge in [0.05, 0.1) is 5.56 Å². The van der Waals surface area contributed by atoms with Crippen LogP contribution in [0.15, 0.2) is 41.1 Å². The Labute approximate surface area is 132 Å². The van der Waals surface area contributed by atoms with Crippen LogP contribution in [0.25, 0.3) is 0 Å². The van der Waals surface area contributed by atoms with Crippen LogP contribution in [0.2, 0.25) is 0 Å². The molecule has 0 bridgehead atoms. The van der Waals surface area contributed by atoms with Gasteiger partial charge in [0.2, 0.25) is 0 Å². The van der Waals surface area contributed by atoms with E-state index in [-0.39, 0.29) is 11.5 Å². The first-order chi connectivity index (χ1) is 9.90. The molecule has 1 aliphatic carbocycles. The number of halogens is 2. The fourth-order valence-electron chi connectivity index (χ4n) is 1.82. The van der Waals surface area contributed by atoms with Gasteiger partial charge in [-0.05, 0) is 37.6 Å². The summed E-state index contributed by atoms with van der Waals surface area (Å²) < 4.78 is 0. The minimum Gasteiger partial charge on any atom is -0.312 e. The van der Waals surface area contributed by atoms with E-state index in [4.69, 9.17) is 28.0 Å². The monoisotopic (exact) mass is 325 g/mol. The van der Waals surface area contributed by atoms with Crippen molar-refractivity contribution in [2.24, 2.45) is 5.16 Å². The average Bonchev–Trinajstić information content (AvgIpc) is 2.45. The van der Waals surface area contributed by atoms with Crippen molar-refractivity contribution >= 4 is 40.7 Å². The van der Waals surface area contributed by atoms with Crippen LogP contribution >= 0.6 is 23.2 Å². The number of allylic oxidation sites excluding steroid dienone is 2. The number of hydrogen-bond acceptors (Lipinski definition) is 4. The number of hydrogen-bond donors (Lipinski definition) is 0. The fourth-order valence-corrected chi connectivity index (χ4v) is 2.34. The Hall–Kier alpha value is -1.65. The van der Waals surface area contributed by atoms with Crippen molar-refractivity contribution < 1.29 is 14.4 Å². The Balaban J connectivity index is 2.16. The first-order valence-electron chi connectivity index (χ1n) is 6.26. The highest BCUT2D eigenvalue weighted by Crippen LogP contribution is 2.23. The number of ketones is 1. The molecule has 2 unspecified atom stereocenters. The molecule has 0 radical (unpaired) electrons. The van der Waals surface area contributed by atoms with Gasteiger partial charge in [0.15, 0.2) is 5.78 Å². The minimum atomic E-state index is -0.910. The largest absolute Gasteiger partial charge is 0.365 e. The van der Waals surface area contributed by atoms with E-state index < -0.39 is 16.7 Å². The zero-order valence-electron chi connectivity index (χ0n) is 11.5. The van der Waals surface area contributed by atoms with E-state index in [2.05, 4.69) is 5.16 Å². The maximum Gasteiger partial charge on any atom is 0.365 e. The molecule has 21 heavy (non-hydrogen) atoms. The van der Waals surface area contributed by atoms with Gasteiger partial charge in [0, 0.05) is 0 Å². The lowest BCUT2D eigenvalue weighted by Gasteiger charge is -2.20. The topological polar surface area (TPSA) is 55.7 Å². The molecule has 0 spiro atoms. The zero-order valence-corrected chi connectivity index (χ0v) is 13.0. The highest BCUT2D eigenvalue weighted by Gasteiger charge is 2.33. The maximum absolute atomic E-state index is 11.9. The number of oxime groups is 1. The van der Waals surface area contributed by atoms with Gasteiger partial charge in [-0.3, -0.25) is 4.79 Å². The molecule has 1 aliphatic rings. The summed E-state index contributed by atoms with van der Waals surface area (Å²) >= 11 is 11.9. The lowest BCUT2D eigenvalue weighted by atomic mass is 9.97. The standard InChI is InChI=1S/C15H13Cl2NO3/c1-8-3-5-10(6-4-8)15(20)21-18-14-9(2)7-11(19)12(16)13(14)17/h3-7,12-13H,1-2H3/b18-14-. The number of alkyl halides is 2. The Morgan fingerprint density at radius 2 is 1.76 bits per heavy atom. The predicted molar refractivity (Wildman–Crippen MR) is 82.1 cm³/mol. The summed E-state index contributed by atoms with van der Waals surface area (Å²) in [6, 6.07) is 6.89. The van der Waals surface area contributed by atoms with E-state index >= 15 is 0 Å². The van der Waals surface area contributed by atoms with Gasteiger partial charge in [-0.1, -0.05) is 22.9 Å². The molecule has 2 rings (SSSR count). The third-order valence-corrected chi connectivity index (χ3v) is 4.12. The average molecular weight is 326 g/mol. The van der Waals surface area contributed by atoms with Crippen LogP contribution in [0, 0.1) is 6.92 Å². The van der Waals surface area contributed by atoms with Gasteiger partial charge in [-0.25, -0.2) is 4.79 Å². The number of carbonyl (C=O) groups excluding carboxylic acids is 2. The zero-order chi connectivity index (χ0) is 15.6. The molecule has 110 valence electrons. The van der Waals surface area contributed by atoms with Crippen molar-refractivity contribution in [1.29, 1.82) is 0 Å². The van der Waals surface area contributed by atoms with Crippen LogP contribution in [0.4, 0.5) is 0 Å². The van der Waals surface area contributed by atoms with Crippen molar-refractivity contribution in [3.8, 4) is 0 Å². The number of benzene rings is 1. The SMILES string of the molecule is CC1=CC(=O)C(Cl)C(Cl)/C1=N\OC(=O)c1ccc(C)cc1. The van der Waals surface area contributed by atoms with Gasteiger partial charge in [0.25, 0.3) is 0 Å². The van der Waals surface area contributed by atoms with Crippen molar-refractivity contribution in [3.05, 3.63) is 47.0 Å². The van der Waals surface area contributed by atoms with Gasteiger partial charge in [0.1, 0.15) is 16.5 Å². The normalized spacial score (nSPS) is 23.9. The lowest BCUT2D eigenvalue weighted by molar-refractivity contribution is -0.114. The molecule has 4 nitrogen and oxygen atoms in total. The molecule has 0 aliphatic heterocycles. The van der Waals surface area contributed by atoms with Gasteiger partial charge >= 0.3 is 5.97 Å². The summed E-state index contributed by atoms with van der Waals surface area (Å²) in [4.78, 5) is 28.2. The number of carbonyl (C=O) groups is 2. The van der Waals surface area contributed by atoms with E-state index in [1.807, 2.05) is 6.92 Å². The van der Waals surface area contributed by atoms with Crippen LogP contribution in [0.1, 0.15) is 22.8 Å². The number of nitrogens with zero attached hydrogens (tertiary/aromatic N) is 1. The molecule has 0 amide bonds. The summed E-state index contributed by atoms with van der Waals surface area (Å²) in [5, 5.41) is 2.02. The number of aryl methyl sites for hydroxylation is 1. The molecule has 0 saturated heterocycles. The fraction of sp³-hybridized carbons (Fsp3) is 0.267. The van der Waals surface area contributed by atoms with E-state index in [9.17, 15) is 9.59 Å². The molecule has 2 atom stereocenters. The second-order valence-electron chi connectivity index (χ2n) is 4.75. The Morgan fingerprint density at radius 1 is 1.14 bits per heavy atom. The van der Waals surface area contributed by atoms with E-state index in [0.717, 1.165) is 5.56 Å². The smallest absolute Gasteiger partial charge is 0.312 e. The first kappa shape index (κ1) is 15.7. The van der Waals surface area contributed by atoms with Crippen LogP contribution in [-0.2, 0) is 9.63 Å². The molecular weight excluding hydrogens is 313 g/mol. The number of rotatable bonds is 2. The molecule has 0 fully saturated rings. The Morgan fingerprint density at radius 3 is 2.38 bits per heavy atom. The van der Waals surface area contributed by atoms with Crippen LogP contribution < -0.4 is 0 Å². The van der Waals surface area contributed by atoms with E-state index in [1.54, 1.807) is 31.2 Å². The highest BCUT2D eigenvalue weighted by atomic mass is 35.5. The second-order valence-corrected chi connectivity index (χ2v) is 5.69. The molecule has 1 aromatic rings. The molecule has 0 N–H and O–H groups in total. The minimum absolute atomic E-state index is 0.280. The van der Waals surface area contributed by atoms with E-state index in [1.165, 1.54) is 6.08 Å². The van der Waals surface area contributed by atoms with Crippen LogP contribution in [-0.4, -0.2) is 28.2 Å². The quantitative estimate of drug-likeness (QED) is 0.476. The van der Waals surface area contributed by atoms with Gasteiger partial charge in [-0.15, -0.1) is 23.2 Å². The summed E-state index contributed by atoms with van der Waals surface area (Å²) in [7, 11) is 0. The molecule has 0 heterocycles. The van der Waals surface area contributed by atoms with Gasteiger partial charge < -0.3 is 4.84 Å². The van der Waals surface area contributed by atoms with Crippen molar-refractivity contribution in [3.63, 3.8) is 0 Å². The predicted octanol–water partition coefficient (Wildman–Crippen LogP) is 3.25. The summed E-state index contributed by atoms with van der Waals surface area (Å²) in [5.74, 6) is -0.875. The molecule has 0 aromatic heterocycles. The van der Waals surface area contributed by atoms with Crippen LogP contribution in [0.5, 0.6) is 0 Å². The second kappa shape index (κ2) is 6.41. The van der Waals surface area contributed by atoms with Crippen molar-refractivity contribution in [1.82, 2.24) is 0 Å². The van der Waals surface area contributed by atoms with Crippen molar-refractivity contribution in [2.75, 3.05) is 0 Å². The molecule has 6 heteroatoms. The third kappa shape index (κ3) is 3.52. The highest BCUT2D eigenvalue weighted by molar-refractivity contribution is 6.48. The Bertz CT molecular complexity index is 635. The molecule has 1 aromatic carbocycles. The molecule has 0 saturated carbocycles. The molecular formula is C15H13Cl2NO3. The summed E-state index contributed by atoms with van der Waals surface area (Å²) in [5.41, 5.74) is 2.24. The lowest BCUT2D eigenvalue weighted by Crippen LogP contribution is -2.36. The van der Waals surface area contributed by atoms with E-state index in [0.29, 0.717) is 11.1 Å². The summed E-state index contributed by atoms with van der Waals surface area (Å²) in [6.07, 6.45) is 1.34. The third-order valence-electron chi connectivity index (χ3n) is 3.07. The first-order valence-corrected chi connectivity index (χ1v) is 7.14. The maximum atomic E-state index is 11.9. The van der Waals surface area contributed by atoms with Crippen molar-refractivity contribution in [2.45, 2.75) is 24.6 Å². The van der Waals surface area contributed by atoms with Gasteiger partial charge in [-0.2, -0.15) is 0 Å².